The van der Waals surface area contributed by atoms with Crippen molar-refractivity contribution in [3.63, 3.8) is 0 Å². The Morgan fingerprint density at radius 1 is 0.769 bits per heavy atom. The number of halogens is 4. The van der Waals surface area contributed by atoms with Gasteiger partial charge in [-0.05, 0) is 4.66 Å². The van der Waals surface area contributed by atoms with Crippen molar-refractivity contribution >= 4 is 42.8 Å². The molecule has 0 saturated heterocycles. The molecule has 1 aliphatic heterocycles. The Morgan fingerprint density at radius 2 is 1.12 bits per heavy atom. The highest BCUT2D eigenvalue weighted by molar-refractivity contribution is 7.78. The summed E-state index contributed by atoms with van der Waals surface area (Å²) in [5, 5.41) is 0. The van der Waals surface area contributed by atoms with Gasteiger partial charge in [0.2, 0.25) is 0 Å². The lowest BCUT2D eigenvalue weighted by Gasteiger charge is -2.39. The molecule has 0 aromatic rings. The van der Waals surface area contributed by atoms with Crippen LogP contribution in [0.3, 0.4) is 0 Å². The summed E-state index contributed by atoms with van der Waals surface area (Å²) in [5.41, 5.74) is 0. The summed E-state index contributed by atoms with van der Waals surface area (Å²) in [6.07, 6.45) is 0. The first kappa shape index (κ1) is 24.9. The first-order valence-electron chi connectivity index (χ1n) is 6.32. The summed E-state index contributed by atoms with van der Waals surface area (Å²) in [6.45, 7) is 0. The van der Waals surface area contributed by atoms with Gasteiger partial charge in [-0.1, -0.05) is 0 Å². The predicted molar refractivity (Wildman–Crippen MR) is 87.0 cm³/mol. The van der Waals surface area contributed by atoms with Gasteiger partial charge in [0.05, 0.1) is 0 Å². The lowest BCUT2D eigenvalue weighted by Crippen LogP contribution is -2.50. The van der Waals surface area contributed by atoms with Crippen LogP contribution in [-0.2, 0) is 35.0 Å². The van der Waals surface area contributed by atoms with Gasteiger partial charge in [-0.3, -0.25) is 8.43 Å². The van der Waals surface area contributed by atoms with Crippen LogP contribution < -0.4 is 0 Å². The smallest absolute Gasteiger partial charge is 0.354 e. The minimum absolute atomic E-state index is 0.835. The van der Waals surface area contributed by atoms with Gasteiger partial charge in [0, 0.05) is 47.3 Å². The Balaban J connectivity index is 3.54. The minimum atomic E-state index is -4.78. The topological polar surface area (TPSA) is 92.7 Å². The highest BCUT2D eigenvalue weighted by atomic mass is 31.3. The second-order valence-electron chi connectivity index (χ2n) is 3.95. The van der Waals surface area contributed by atoms with E-state index in [0.29, 0.717) is 0 Å². The zero-order chi connectivity index (χ0) is 20.2. The van der Waals surface area contributed by atoms with Crippen LogP contribution in [0.5, 0.6) is 0 Å². The minimum Gasteiger partial charge on any atom is -0.354 e. The van der Waals surface area contributed by atoms with Crippen molar-refractivity contribution in [3.05, 3.63) is 0 Å². The van der Waals surface area contributed by atoms with E-state index in [1.165, 1.54) is 0 Å². The summed E-state index contributed by atoms with van der Waals surface area (Å²) in [7, 11) is -14.3. The largest absolute Gasteiger partial charge is 0.685 e. The fourth-order valence-corrected chi connectivity index (χ4v) is 13.1. The summed E-state index contributed by atoms with van der Waals surface area (Å²) in [6, 6.07) is 0. The SMILES string of the molecule is CO[Si](OC)(OC)OP1(O[Si](OC)(OC)OC)=NP(F)N(F)P(F)N1F. The molecule has 0 fully saturated rings. The van der Waals surface area contributed by atoms with Crippen LogP contribution in [-0.4, -0.2) is 70.1 Å². The highest BCUT2D eigenvalue weighted by Crippen LogP contribution is 2.81. The van der Waals surface area contributed by atoms with E-state index in [4.69, 9.17) is 35.0 Å². The summed E-state index contributed by atoms with van der Waals surface area (Å²) in [5.74, 6) is 0. The first-order valence-corrected chi connectivity index (χ1v) is 13.4. The summed E-state index contributed by atoms with van der Waals surface area (Å²) < 4.78 is 97.7. The van der Waals surface area contributed by atoms with Crippen LogP contribution in [0.1, 0.15) is 0 Å². The fourth-order valence-electron chi connectivity index (χ4n) is 1.51. The van der Waals surface area contributed by atoms with Gasteiger partial charge < -0.3 is 26.6 Å². The molecule has 0 spiro atoms. The molecule has 1 aliphatic rings. The molecule has 2 unspecified atom stereocenters. The van der Waals surface area contributed by atoms with Crippen LogP contribution in [0, 0.1) is 0 Å². The molecule has 0 aromatic carbocycles. The second-order valence-corrected chi connectivity index (χ2v) is 14.6. The number of hydrogen-bond acceptors (Lipinski definition) is 11. The van der Waals surface area contributed by atoms with E-state index >= 15 is 0 Å². The van der Waals surface area contributed by atoms with Crippen molar-refractivity contribution in [2.75, 3.05) is 42.7 Å². The molecule has 0 radical (unpaired) electrons. The van der Waals surface area contributed by atoms with Crippen LogP contribution >= 0.6 is 24.7 Å². The average Bonchev–Trinajstić information content (AvgIpc) is 2.67. The van der Waals surface area contributed by atoms with E-state index in [0.717, 1.165) is 42.7 Å². The molecule has 20 heteroatoms. The average molecular weight is 485 g/mol. The lowest BCUT2D eigenvalue weighted by atomic mass is 11.8. The van der Waals surface area contributed by atoms with E-state index in [9.17, 15) is 17.4 Å². The van der Waals surface area contributed by atoms with Gasteiger partial charge in [0.25, 0.3) is 0 Å². The summed E-state index contributed by atoms with van der Waals surface area (Å²) >= 11 is 0. The van der Waals surface area contributed by atoms with Crippen molar-refractivity contribution in [1.29, 1.82) is 0 Å². The Morgan fingerprint density at radius 3 is 1.42 bits per heavy atom. The maximum Gasteiger partial charge on any atom is 0.685 e. The third kappa shape index (κ3) is 4.87. The normalized spacial score (nSPS) is 25.3. The van der Waals surface area contributed by atoms with Gasteiger partial charge in [-0.2, -0.15) is 12.9 Å². The van der Waals surface area contributed by atoms with Gasteiger partial charge >= 0.3 is 42.8 Å². The van der Waals surface area contributed by atoms with E-state index in [2.05, 4.69) is 4.52 Å². The maximum atomic E-state index is 14.7. The fraction of sp³-hybridized carbons (Fsp3) is 1.00. The van der Waals surface area contributed by atoms with E-state index in [-0.39, 0.29) is 0 Å². The lowest BCUT2D eigenvalue weighted by molar-refractivity contribution is 0.0194. The van der Waals surface area contributed by atoms with Crippen molar-refractivity contribution in [1.82, 2.24) is 9.33 Å². The molecular weight excluding hydrogens is 467 g/mol. The molecule has 1 heterocycles. The van der Waals surface area contributed by atoms with Gasteiger partial charge in [-0.15, -0.1) is 8.96 Å². The van der Waals surface area contributed by atoms with Crippen molar-refractivity contribution in [3.8, 4) is 0 Å². The van der Waals surface area contributed by atoms with Crippen molar-refractivity contribution in [2.45, 2.75) is 0 Å². The van der Waals surface area contributed by atoms with Gasteiger partial charge in [0.1, 0.15) is 0 Å². The molecule has 0 aromatic heterocycles. The van der Waals surface area contributed by atoms with Gasteiger partial charge in [-0.25, -0.2) is 0 Å². The first-order chi connectivity index (χ1) is 12.1. The Labute approximate surface area is 152 Å². The van der Waals surface area contributed by atoms with Crippen molar-refractivity contribution in [2.24, 2.45) is 4.52 Å². The predicted octanol–water partition coefficient (Wildman–Crippen LogP) is 3.49. The Kier molecular flexibility index (Phi) is 9.62. The molecule has 0 amide bonds. The quantitative estimate of drug-likeness (QED) is 0.198. The van der Waals surface area contributed by atoms with E-state index in [1.807, 2.05) is 0 Å². The molecule has 2 atom stereocenters. The zero-order valence-corrected chi connectivity index (χ0v) is 19.1. The number of nitrogens with zero attached hydrogens (tertiary/aromatic N) is 3. The monoisotopic (exact) mass is 485 g/mol. The van der Waals surface area contributed by atoms with E-state index < -0.39 is 52.1 Å². The van der Waals surface area contributed by atoms with Crippen LogP contribution in [0.25, 0.3) is 0 Å². The van der Waals surface area contributed by atoms with E-state index in [1.54, 1.807) is 0 Å². The second kappa shape index (κ2) is 10.0. The molecule has 1 rings (SSSR count). The molecular formula is C6H18F4N3O8P3Si2. The Hall–Kier alpha value is 0.844. The molecule has 11 nitrogen and oxygen atoms in total. The molecule has 0 N–H and O–H groups in total. The molecule has 0 aliphatic carbocycles. The third-order valence-electron chi connectivity index (χ3n) is 2.77. The molecule has 26 heavy (non-hydrogen) atoms. The number of rotatable bonds is 10. The third-order valence-corrected chi connectivity index (χ3v) is 14.2. The summed E-state index contributed by atoms with van der Waals surface area (Å²) in [4.78, 5) is 0. The Bertz CT molecular complexity index is 481. The van der Waals surface area contributed by atoms with Crippen LogP contribution in [0.4, 0.5) is 17.4 Å². The highest BCUT2D eigenvalue weighted by Gasteiger charge is 2.63. The van der Waals surface area contributed by atoms with Crippen molar-refractivity contribution < 1.29 is 52.3 Å². The molecule has 156 valence electrons. The van der Waals surface area contributed by atoms with Crippen LogP contribution in [0.2, 0.25) is 0 Å². The van der Waals surface area contributed by atoms with Crippen LogP contribution in [0.15, 0.2) is 4.52 Å². The standard InChI is InChI=1S/C6H18F4N3O8P3Si2/c1-14-25(15-2,16-3)20-24(21-26(17-4,18-5)19-6)11-22(9)12(7)23(10)13(24)8/h1-6H3. The van der Waals surface area contributed by atoms with Gasteiger partial charge in [0.15, 0.2) is 0 Å². The zero-order valence-electron chi connectivity index (χ0n) is 14.5. The number of hydrogen-bond donors (Lipinski definition) is 0. The maximum absolute atomic E-state index is 14.7. The molecule has 0 bridgehead atoms. The molecule has 0 saturated carbocycles.